The van der Waals surface area contributed by atoms with E-state index in [0.29, 0.717) is 18.9 Å². The summed E-state index contributed by atoms with van der Waals surface area (Å²) in [7, 11) is 1.68. The number of carbonyl (C=O) groups excluding carboxylic acids is 2. The van der Waals surface area contributed by atoms with Crippen LogP contribution in [-0.2, 0) is 20.9 Å². The molecule has 0 radical (unpaired) electrons. The Hall–Kier alpha value is -3.08. The third-order valence-electron chi connectivity index (χ3n) is 3.92. The topological polar surface area (TPSA) is 55.8 Å². The number of ether oxygens (including phenoxy) is 2. The van der Waals surface area contributed by atoms with E-state index in [-0.39, 0.29) is 12.5 Å². The van der Waals surface area contributed by atoms with E-state index in [9.17, 15) is 9.59 Å². The molecule has 0 spiro atoms. The zero-order valence-corrected chi connectivity index (χ0v) is 16.0. The van der Waals surface area contributed by atoms with Gasteiger partial charge in [-0.15, -0.1) is 0 Å². The van der Waals surface area contributed by atoms with E-state index < -0.39 is 5.97 Å². The Bertz CT molecular complexity index is 796. The Morgan fingerprint density at radius 3 is 2.48 bits per heavy atom. The second-order valence-electron chi connectivity index (χ2n) is 6.15. The van der Waals surface area contributed by atoms with Gasteiger partial charge in [0.15, 0.2) is 6.61 Å². The van der Waals surface area contributed by atoms with Gasteiger partial charge in [0.2, 0.25) is 0 Å². The zero-order chi connectivity index (χ0) is 19.6. The van der Waals surface area contributed by atoms with Crippen LogP contribution in [0.1, 0.15) is 23.6 Å². The predicted octanol–water partition coefficient (Wildman–Crippen LogP) is 3.61. The summed E-state index contributed by atoms with van der Waals surface area (Å²) in [5.41, 5.74) is 2.97. The van der Waals surface area contributed by atoms with Crippen molar-refractivity contribution >= 4 is 18.0 Å². The Morgan fingerprint density at radius 2 is 1.78 bits per heavy atom. The van der Waals surface area contributed by atoms with Crippen molar-refractivity contribution < 1.29 is 19.1 Å². The fraction of sp³-hybridized carbons (Fsp3) is 0.273. The second kappa shape index (κ2) is 10.2. The highest BCUT2D eigenvalue weighted by molar-refractivity contribution is 5.89. The molecular formula is C22H25NO4. The van der Waals surface area contributed by atoms with Crippen LogP contribution in [0.25, 0.3) is 6.08 Å². The van der Waals surface area contributed by atoms with Crippen LogP contribution in [0, 0.1) is 6.92 Å². The van der Waals surface area contributed by atoms with Gasteiger partial charge in [-0.2, -0.15) is 0 Å². The summed E-state index contributed by atoms with van der Waals surface area (Å²) in [6.45, 7) is 4.62. The fourth-order valence-corrected chi connectivity index (χ4v) is 2.41. The molecule has 0 aliphatic carbocycles. The summed E-state index contributed by atoms with van der Waals surface area (Å²) in [6.07, 6.45) is 2.92. The van der Waals surface area contributed by atoms with Gasteiger partial charge >= 0.3 is 5.97 Å². The van der Waals surface area contributed by atoms with E-state index >= 15 is 0 Å². The summed E-state index contributed by atoms with van der Waals surface area (Å²) in [5.74, 6) is -0.136. The molecule has 2 aromatic carbocycles. The summed E-state index contributed by atoms with van der Waals surface area (Å²) >= 11 is 0. The van der Waals surface area contributed by atoms with E-state index in [1.165, 1.54) is 16.5 Å². The normalized spacial score (nSPS) is 10.6. The number of amides is 1. The first kappa shape index (κ1) is 20.2. The minimum atomic E-state index is -0.571. The lowest BCUT2D eigenvalue weighted by molar-refractivity contribution is -0.147. The maximum atomic E-state index is 12.1. The van der Waals surface area contributed by atoms with Gasteiger partial charge in [-0.1, -0.05) is 48.0 Å². The summed E-state index contributed by atoms with van der Waals surface area (Å²) < 4.78 is 10.5. The van der Waals surface area contributed by atoms with Gasteiger partial charge in [0.1, 0.15) is 5.75 Å². The maximum absolute atomic E-state index is 12.1. The first-order chi connectivity index (χ1) is 13.0. The average Bonchev–Trinajstić information content (AvgIpc) is 2.67. The number of para-hydroxylation sites is 1. The van der Waals surface area contributed by atoms with Crippen LogP contribution >= 0.6 is 0 Å². The molecule has 0 fully saturated rings. The Balaban J connectivity index is 1.83. The largest absolute Gasteiger partial charge is 0.493 e. The number of hydrogen-bond acceptors (Lipinski definition) is 4. The van der Waals surface area contributed by atoms with Gasteiger partial charge in [-0.25, -0.2) is 4.79 Å². The predicted molar refractivity (Wildman–Crippen MR) is 105 cm³/mol. The van der Waals surface area contributed by atoms with Crippen LogP contribution in [0.2, 0.25) is 0 Å². The molecule has 0 heterocycles. The van der Waals surface area contributed by atoms with Gasteiger partial charge < -0.3 is 14.4 Å². The molecule has 1 amide bonds. The number of nitrogens with zero attached hydrogens (tertiary/aromatic N) is 1. The maximum Gasteiger partial charge on any atom is 0.331 e. The Morgan fingerprint density at radius 1 is 1.07 bits per heavy atom. The van der Waals surface area contributed by atoms with Crippen LogP contribution in [0.15, 0.2) is 54.6 Å². The minimum Gasteiger partial charge on any atom is -0.493 e. The number of carbonyl (C=O) groups is 2. The molecule has 0 saturated carbocycles. The fourth-order valence-electron chi connectivity index (χ4n) is 2.41. The number of likely N-dealkylation sites (N-methyl/N-ethyl adjacent to an activating group) is 1. The SMILES string of the molecule is CCOc1ccccc1/C=C/C(=O)OCC(=O)N(C)Cc1ccc(C)cc1. The summed E-state index contributed by atoms with van der Waals surface area (Å²) in [5, 5.41) is 0. The molecule has 0 bridgehead atoms. The third-order valence-corrected chi connectivity index (χ3v) is 3.92. The number of esters is 1. The molecule has 0 N–H and O–H groups in total. The molecule has 0 aliphatic rings. The molecule has 0 saturated heterocycles. The highest BCUT2D eigenvalue weighted by Gasteiger charge is 2.11. The second-order valence-corrected chi connectivity index (χ2v) is 6.15. The van der Waals surface area contributed by atoms with Gasteiger partial charge in [-0.3, -0.25) is 4.79 Å². The van der Waals surface area contributed by atoms with Gasteiger partial charge in [0, 0.05) is 25.2 Å². The van der Waals surface area contributed by atoms with Crippen molar-refractivity contribution in [1.29, 1.82) is 0 Å². The molecule has 0 unspecified atom stereocenters. The van der Waals surface area contributed by atoms with Crippen molar-refractivity contribution in [1.82, 2.24) is 4.90 Å². The lowest BCUT2D eigenvalue weighted by Gasteiger charge is -2.17. The van der Waals surface area contributed by atoms with Gasteiger partial charge in [0.05, 0.1) is 6.61 Å². The first-order valence-electron chi connectivity index (χ1n) is 8.85. The summed E-state index contributed by atoms with van der Waals surface area (Å²) in [6, 6.07) is 15.3. The smallest absolute Gasteiger partial charge is 0.331 e. The van der Waals surface area contributed by atoms with Crippen molar-refractivity contribution in [3.8, 4) is 5.75 Å². The van der Waals surface area contributed by atoms with Gasteiger partial charge in [-0.05, 0) is 31.6 Å². The number of benzene rings is 2. The van der Waals surface area contributed by atoms with E-state index in [1.54, 1.807) is 13.1 Å². The van der Waals surface area contributed by atoms with E-state index in [1.807, 2.05) is 62.4 Å². The highest BCUT2D eigenvalue weighted by atomic mass is 16.5. The molecular weight excluding hydrogens is 342 g/mol. The Kier molecular flexibility index (Phi) is 7.62. The first-order valence-corrected chi connectivity index (χ1v) is 8.85. The zero-order valence-electron chi connectivity index (χ0n) is 16.0. The number of rotatable bonds is 8. The van der Waals surface area contributed by atoms with Crippen LogP contribution < -0.4 is 4.74 Å². The van der Waals surface area contributed by atoms with Crippen LogP contribution in [0.5, 0.6) is 5.75 Å². The third kappa shape index (κ3) is 6.62. The van der Waals surface area contributed by atoms with Crippen molar-refractivity contribution in [2.45, 2.75) is 20.4 Å². The molecule has 2 rings (SSSR count). The van der Waals surface area contributed by atoms with Crippen molar-refractivity contribution in [2.24, 2.45) is 0 Å². The molecule has 0 aromatic heterocycles. The van der Waals surface area contributed by atoms with Crippen molar-refractivity contribution in [3.05, 3.63) is 71.3 Å². The van der Waals surface area contributed by atoms with E-state index in [2.05, 4.69) is 0 Å². The molecule has 0 atom stereocenters. The van der Waals surface area contributed by atoms with Crippen molar-refractivity contribution in [2.75, 3.05) is 20.3 Å². The molecule has 142 valence electrons. The lowest BCUT2D eigenvalue weighted by atomic mass is 10.1. The molecule has 27 heavy (non-hydrogen) atoms. The van der Waals surface area contributed by atoms with Crippen LogP contribution in [0.4, 0.5) is 0 Å². The standard InChI is InChI=1S/C22H25NO4/c1-4-26-20-8-6-5-7-19(20)13-14-22(25)27-16-21(24)23(3)15-18-11-9-17(2)10-12-18/h5-14H,4,15-16H2,1-3H3/b14-13+. The summed E-state index contributed by atoms with van der Waals surface area (Å²) in [4.78, 5) is 25.6. The number of hydrogen-bond donors (Lipinski definition) is 0. The lowest BCUT2D eigenvalue weighted by Crippen LogP contribution is -2.30. The van der Waals surface area contributed by atoms with Crippen molar-refractivity contribution in [3.63, 3.8) is 0 Å². The molecule has 0 aliphatic heterocycles. The Labute approximate surface area is 160 Å². The molecule has 5 nitrogen and oxygen atoms in total. The van der Waals surface area contributed by atoms with Crippen LogP contribution in [-0.4, -0.2) is 37.0 Å². The molecule has 5 heteroatoms. The highest BCUT2D eigenvalue weighted by Crippen LogP contribution is 2.19. The molecule has 2 aromatic rings. The quantitative estimate of drug-likeness (QED) is 0.528. The van der Waals surface area contributed by atoms with Crippen LogP contribution in [0.3, 0.4) is 0 Å². The minimum absolute atomic E-state index is 0.257. The monoisotopic (exact) mass is 367 g/mol. The number of aryl methyl sites for hydroxylation is 1. The van der Waals surface area contributed by atoms with Gasteiger partial charge in [0.25, 0.3) is 5.91 Å². The van der Waals surface area contributed by atoms with E-state index in [4.69, 9.17) is 9.47 Å². The van der Waals surface area contributed by atoms with E-state index in [0.717, 1.165) is 11.1 Å². The average molecular weight is 367 g/mol.